The van der Waals surface area contributed by atoms with E-state index in [0.29, 0.717) is 5.95 Å². The molecule has 19 heavy (non-hydrogen) atoms. The highest BCUT2D eigenvalue weighted by Gasteiger charge is 2.08. The predicted molar refractivity (Wildman–Crippen MR) is 81.5 cm³/mol. The smallest absolute Gasteiger partial charge is 0.222 e. The van der Waals surface area contributed by atoms with Gasteiger partial charge >= 0.3 is 0 Å². The first-order valence-electron chi connectivity index (χ1n) is 7.19. The van der Waals surface area contributed by atoms with Crippen LogP contribution in [-0.4, -0.2) is 47.6 Å². The molecule has 5 nitrogen and oxygen atoms in total. The molecule has 0 saturated heterocycles. The van der Waals surface area contributed by atoms with Crippen molar-refractivity contribution >= 4 is 11.8 Å². The van der Waals surface area contributed by atoms with Gasteiger partial charge in [0.1, 0.15) is 5.82 Å². The highest BCUT2D eigenvalue weighted by atomic mass is 15.2. The minimum absolute atomic E-state index is 0.359. The Balaban J connectivity index is 2.58. The summed E-state index contributed by atoms with van der Waals surface area (Å²) < 4.78 is 0. The van der Waals surface area contributed by atoms with E-state index in [1.54, 1.807) is 0 Å². The second-order valence-corrected chi connectivity index (χ2v) is 4.69. The monoisotopic (exact) mass is 265 g/mol. The fourth-order valence-electron chi connectivity index (χ4n) is 2.20. The molecule has 2 N–H and O–H groups in total. The van der Waals surface area contributed by atoms with Crippen molar-refractivity contribution < 1.29 is 0 Å². The van der Waals surface area contributed by atoms with Crippen LogP contribution in [0.15, 0.2) is 6.07 Å². The summed E-state index contributed by atoms with van der Waals surface area (Å²) in [4.78, 5) is 13.1. The Hall–Kier alpha value is -1.36. The van der Waals surface area contributed by atoms with Crippen molar-refractivity contribution in [2.75, 3.05) is 43.4 Å². The van der Waals surface area contributed by atoms with Crippen LogP contribution in [0.1, 0.15) is 32.9 Å². The number of aryl methyl sites for hydroxylation is 1. The van der Waals surface area contributed by atoms with Gasteiger partial charge in [0.2, 0.25) is 5.95 Å². The largest absolute Gasteiger partial charge is 0.368 e. The maximum Gasteiger partial charge on any atom is 0.222 e. The molecule has 1 aromatic rings. The summed E-state index contributed by atoms with van der Waals surface area (Å²) in [6.07, 6.45) is 1.14. The molecule has 1 rings (SSSR count). The number of anilines is 2. The number of nitrogens with zero attached hydrogens (tertiary/aromatic N) is 4. The number of hydrogen-bond acceptors (Lipinski definition) is 5. The lowest BCUT2D eigenvalue weighted by molar-refractivity contribution is 0.300. The van der Waals surface area contributed by atoms with Gasteiger partial charge < -0.3 is 15.5 Å². The van der Waals surface area contributed by atoms with Crippen molar-refractivity contribution in [3.8, 4) is 0 Å². The Morgan fingerprint density at radius 3 is 2.26 bits per heavy atom. The third-order valence-corrected chi connectivity index (χ3v) is 3.36. The van der Waals surface area contributed by atoms with Crippen molar-refractivity contribution in [1.82, 2.24) is 14.9 Å². The molecule has 0 amide bonds. The zero-order valence-corrected chi connectivity index (χ0v) is 12.7. The molecule has 0 fully saturated rings. The third-order valence-electron chi connectivity index (χ3n) is 3.36. The van der Waals surface area contributed by atoms with Crippen LogP contribution in [0.5, 0.6) is 0 Å². The van der Waals surface area contributed by atoms with E-state index in [1.165, 1.54) is 0 Å². The molecule has 5 heteroatoms. The highest BCUT2D eigenvalue weighted by molar-refractivity contribution is 5.43. The topological polar surface area (TPSA) is 58.3 Å². The molecule has 0 radical (unpaired) electrons. The van der Waals surface area contributed by atoms with Gasteiger partial charge in [-0.05, 0) is 39.9 Å². The molecule has 1 heterocycles. The van der Waals surface area contributed by atoms with Gasteiger partial charge in [-0.25, -0.2) is 4.98 Å². The van der Waals surface area contributed by atoms with Crippen LogP contribution in [0.2, 0.25) is 0 Å². The van der Waals surface area contributed by atoms with Gasteiger partial charge in [0.15, 0.2) is 0 Å². The van der Waals surface area contributed by atoms with Crippen LogP contribution < -0.4 is 10.6 Å². The molecule has 0 aromatic carbocycles. The van der Waals surface area contributed by atoms with Crippen LogP contribution in [0, 0.1) is 6.92 Å². The fraction of sp³-hybridized carbons (Fsp3) is 0.714. The van der Waals surface area contributed by atoms with Gasteiger partial charge in [-0.15, -0.1) is 0 Å². The lowest BCUT2D eigenvalue weighted by Gasteiger charge is -2.24. The summed E-state index contributed by atoms with van der Waals surface area (Å²) in [6.45, 7) is 13.8. The maximum atomic E-state index is 5.71. The number of aromatic nitrogens is 2. The van der Waals surface area contributed by atoms with Crippen LogP contribution in [-0.2, 0) is 0 Å². The minimum Gasteiger partial charge on any atom is -0.368 e. The van der Waals surface area contributed by atoms with Gasteiger partial charge in [0.25, 0.3) is 0 Å². The minimum atomic E-state index is 0.359. The second kappa shape index (κ2) is 7.94. The van der Waals surface area contributed by atoms with E-state index in [4.69, 9.17) is 5.73 Å². The van der Waals surface area contributed by atoms with E-state index in [0.717, 1.165) is 50.7 Å². The Morgan fingerprint density at radius 2 is 1.74 bits per heavy atom. The zero-order valence-electron chi connectivity index (χ0n) is 12.7. The lowest BCUT2D eigenvalue weighted by atomic mass is 10.3. The SMILES string of the molecule is CCN(CC)CCCN(CC)c1cc(C)nc(N)n1. The Kier molecular flexibility index (Phi) is 6.56. The molecule has 0 atom stereocenters. The Labute approximate surface area is 116 Å². The third kappa shape index (κ3) is 5.03. The van der Waals surface area contributed by atoms with Gasteiger partial charge in [-0.3, -0.25) is 0 Å². The van der Waals surface area contributed by atoms with E-state index in [9.17, 15) is 0 Å². The molecular formula is C14H27N5. The predicted octanol–water partition coefficient (Wildman–Crippen LogP) is 1.93. The molecule has 0 aliphatic rings. The van der Waals surface area contributed by atoms with Gasteiger partial charge in [0, 0.05) is 24.8 Å². The first-order chi connectivity index (χ1) is 9.10. The first-order valence-corrected chi connectivity index (χ1v) is 7.19. The van der Waals surface area contributed by atoms with Gasteiger partial charge in [-0.1, -0.05) is 13.8 Å². The van der Waals surface area contributed by atoms with Crippen LogP contribution in [0.3, 0.4) is 0 Å². The van der Waals surface area contributed by atoms with Crippen molar-refractivity contribution in [3.63, 3.8) is 0 Å². The molecule has 0 saturated carbocycles. The molecule has 0 aliphatic heterocycles. The first kappa shape index (κ1) is 15.7. The van der Waals surface area contributed by atoms with Crippen molar-refractivity contribution in [1.29, 1.82) is 0 Å². The Morgan fingerprint density at radius 1 is 1.05 bits per heavy atom. The molecule has 0 bridgehead atoms. The quantitative estimate of drug-likeness (QED) is 0.778. The van der Waals surface area contributed by atoms with E-state index in [-0.39, 0.29) is 0 Å². The van der Waals surface area contributed by atoms with E-state index in [2.05, 4.69) is 40.5 Å². The fourth-order valence-corrected chi connectivity index (χ4v) is 2.20. The summed E-state index contributed by atoms with van der Waals surface area (Å²) in [5, 5.41) is 0. The van der Waals surface area contributed by atoms with E-state index in [1.807, 2.05) is 13.0 Å². The second-order valence-electron chi connectivity index (χ2n) is 4.69. The number of nitrogen functional groups attached to an aromatic ring is 1. The molecular weight excluding hydrogens is 238 g/mol. The maximum absolute atomic E-state index is 5.71. The number of hydrogen-bond donors (Lipinski definition) is 1. The van der Waals surface area contributed by atoms with E-state index < -0.39 is 0 Å². The normalized spacial score (nSPS) is 11.0. The van der Waals surface area contributed by atoms with Gasteiger partial charge in [0.05, 0.1) is 0 Å². The highest BCUT2D eigenvalue weighted by Crippen LogP contribution is 2.13. The van der Waals surface area contributed by atoms with Crippen LogP contribution in [0.4, 0.5) is 11.8 Å². The summed E-state index contributed by atoms with van der Waals surface area (Å²) in [5.74, 6) is 1.30. The zero-order chi connectivity index (χ0) is 14.3. The molecule has 0 aliphatic carbocycles. The van der Waals surface area contributed by atoms with Crippen LogP contribution >= 0.6 is 0 Å². The van der Waals surface area contributed by atoms with Crippen molar-refractivity contribution in [3.05, 3.63) is 11.8 Å². The molecule has 0 spiro atoms. The standard InChI is InChI=1S/C14H27N5/c1-5-18(6-2)9-8-10-19(7-3)13-11-12(4)16-14(15)17-13/h11H,5-10H2,1-4H3,(H2,15,16,17). The number of rotatable bonds is 8. The van der Waals surface area contributed by atoms with Gasteiger partial charge in [-0.2, -0.15) is 4.98 Å². The summed E-state index contributed by atoms with van der Waals surface area (Å²) in [7, 11) is 0. The lowest BCUT2D eigenvalue weighted by Crippen LogP contribution is -2.30. The summed E-state index contributed by atoms with van der Waals surface area (Å²) in [6, 6.07) is 2.00. The average molecular weight is 265 g/mol. The van der Waals surface area contributed by atoms with Crippen molar-refractivity contribution in [2.45, 2.75) is 34.1 Å². The molecule has 108 valence electrons. The average Bonchev–Trinajstić information content (AvgIpc) is 2.38. The Bertz CT molecular complexity index is 356. The summed E-state index contributed by atoms with van der Waals surface area (Å²) >= 11 is 0. The van der Waals surface area contributed by atoms with E-state index >= 15 is 0 Å². The van der Waals surface area contributed by atoms with Crippen molar-refractivity contribution in [2.24, 2.45) is 0 Å². The molecule has 1 aromatic heterocycles. The number of nitrogens with two attached hydrogens (primary N) is 1. The van der Waals surface area contributed by atoms with Crippen LogP contribution in [0.25, 0.3) is 0 Å². The summed E-state index contributed by atoms with van der Waals surface area (Å²) in [5.41, 5.74) is 6.64. The molecule has 0 unspecified atom stereocenters.